The van der Waals surface area contributed by atoms with Gasteiger partial charge >= 0.3 is 6.18 Å². The van der Waals surface area contributed by atoms with Crippen LogP contribution in [0.25, 0.3) is 0 Å². The molecule has 0 amide bonds. The lowest BCUT2D eigenvalue weighted by molar-refractivity contribution is -0.155. The van der Waals surface area contributed by atoms with Crippen LogP contribution >= 0.6 is 0 Å². The highest BCUT2D eigenvalue weighted by Gasteiger charge is 2.43. The van der Waals surface area contributed by atoms with Crippen LogP contribution in [-0.2, 0) is 13.0 Å². The van der Waals surface area contributed by atoms with E-state index < -0.39 is 36.4 Å². The second-order valence-electron chi connectivity index (χ2n) is 12.8. The van der Waals surface area contributed by atoms with E-state index in [4.69, 9.17) is 4.74 Å². The topological polar surface area (TPSA) is 27.7 Å². The molecule has 44 heavy (non-hydrogen) atoms. The molecule has 0 aromatic heterocycles. The number of anilines is 1. The summed E-state index contributed by atoms with van der Waals surface area (Å²) >= 11 is 0. The number of ether oxygens (including phenoxy) is 1. The minimum atomic E-state index is -4.54. The number of halogens is 5. The molecule has 3 heterocycles. The van der Waals surface area contributed by atoms with E-state index in [1.165, 1.54) is 23.5 Å². The normalized spacial score (nSPS) is 22.5. The maximum Gasteiger partial charge on any atom is 0.401 e. The third-order valence-corrected chi connectivity index (χ3v) is 9.74. The van der Waals surface area contributed by atoms with Gasteiger partial charge in [0.15, 0.2) is 0 Å². The number of hydrogen-bond acceptors (Lipinski definition) is 4. The van der Waals surface area contributed by atoms with Gasteiger partial charge < -0.3 is 15.0 Å². The van der Waals surface area contributed by atoms with Crippen molar-refractivity contribution in [3.63, 3.8) is 0 Å². The summed E-state index contributed by atoms with van der Waals surface area (Å²) < 4.78 is 79.6. The summed E-state index contributed by atoms with van der Waals surface area (Å²) in [7, 11) is 0. The van der Waals surface area contributed by atoms with Crippen LogP contribution in [0.1, 0.15) is 67.3 Å². The lowest BCUT2D eigenvalue weighted by Crippen LogP contribution is -2.47. The molecule has 3 aromatic carbocycles. The molecule has 6 rings (SSSR count). The largest absolute Gasteiger partial charge is 0.489 e. The molecule has 1 N–H and O–H groups in total. The van der Waals surface area contributed by atoms with Crippen molar-refractivity contribution in [3.05, 3.63) is 94.6 Å². The summed E-state index contributed by atoms with van der Waals surface area (Å²) in [5, 5.41) is 3.48. The molecular weight excluding hydrogens is 573 g/mol. The number of hydrogen-bond donors (Lipinski definition) is 1. The highest BCUT2D eigenvalue weighted by Crippen LogP contribution is 2.44. The average molecular weight is 614 g/mol. The van der Waals surface area contributed by atoms with Crippen LogP contribution in [0.15, 0.2) is 60.7 Å². The van der Waals surface area contributed by atoms with Crippen LogP contribution in [0, 0.1) is 17.0 Å². The van der Waals surface area contributed by atoms with Gasteiger partial charge in [-0.1, -0.05) is 36.4 Å². The summed E-state index contributed by atoms with van der Waals surface area (Å²) in [6.45, 7) is 4.19. The lowest BCUT2D eigenvalue weighted by atomic mass is 9.77. The first-order valence-electron chi connectivity index (χ1n) is 15.7. The van der Waals surface area contributed by atoms with E-state index in [-0.39, 0.29) is 5.56 Å². The Bertz CT molecular complexity index is 1410. The van der Waals surface area contributed by atoms with Gasteiger partial charge in [-0.2, -0.15) is 13.2 Å². The summed E-state index contributed by atoms with van der Waals surface area (Å²) in [5.74, 6) is -1.08. The number of benzene rings is 3. The zero-order valence-electron chi connectivity index (χ0n) is 25.1. The first-order valence-corrected chi connectivity index (χ1v) is 15.7. The number of fused-ring (bicyclic) bond motifs is 1. The fourth-order valence-electron chi connectivity index (χ4n) is 7.52. The van der Waals surface area contributed by atoms with E-state index in [0.29, 0.717) is 48.5 Å². The lowest BCUT2D eigenvalue weighted by Gasteiger charge is -2.43. The number of nitrogens with zero attached hydrogens (tertiary/aromatic N) is 2. The standard InChI is InChI=1S/C35H40F5N3O/c1-24-17-26-18-28(44-21-25-7-3-2-4-8-25)9-10-29(26)33(43(24)23-35(38,39)40)32-30(36)19-27(20-31(32)37)42-15-5-11-34(12-6-16-42)13-14-41-22-34/h2-4,7-10,18-20,24,33,41H,5-6,11-17,21-23H2,1H3/t24-,33?/m1/s1. The summed E-state index contributed by atoms with van der Waals surface area (Å²) in [6.07, 6.45) is 0.923. The van der Waals surface area contributed by atoms with Crippen LogP contribution < -0.4 is 15.0 Å². The van der Waals surface area contributed by atoms with E-state index in [1.54, 1.807) is 25.1 Å². The van der Waals surface area contributed by atoms with Crippen molar-refractivity contribution in [2.24, 2.45) is 5.41 Å². The third-order valence-electron chi connectivity index (χ3n) is 9.74. The molecule has 9 heteroatoms. The predicted octanol–water partition coefficient (Wildman–Crippen LogP) is 7.80. The molecule has 2 atom stereocenters. The van der Waals surface area contributed by atoms with Crippen LogP contribution in [-0.4, -0.2) is 49.8 Å². The molecule has 236 valence electrons. The van der Waals surface area contributed by atoms with Crippen molar-refractivity contribution < 1.29 is 26.7 Å². The van der Waals surface area contributed by atoms with E-state index in [1.807, 2.05) is 35.2 Å². The van der Waals surface area contributed by atoms with Crippen molar-refractivity contribution in [3.8, 4) is 5.75 Å². The van der Waals surface area contributed by atoms with Crippen molar-refractivity contribution in [1.82, 2.24) is 10.2 Å². The van der Waals surface area contributed by atoms with Crippen molar-refractivity contribution in [2.45, 2.75) is 70.3 Å². The number of nitrogens with one attached hydrogen (secondary N) is 1. The zero-order valence-corrected chi connectivity index (χ0v) is 25.1. The van der Waals surface area contributed by atoms with E-state index >= 15 is 8.78 Å². The summed E-state index contributed by atoms with van der Waals surface area (Å²) in [5.41, 5.74) is 2.60. The van der Waals surface area contributed by atoms with Crippen LogP contribution in [0.4, 0.5) is 27.6 Å². The summed E-state index contributed by atoms with van der Waals surface area (Å²) in [6, 6.07) is 15.6. The Kier molecular flexibility index (Phi) is 8.88. The molecule has 4 nitrogen and oxygen atoms in total. The minimum Gasteiger partial charge on any atom is -0.489 e. The molecule has 0 aliphatic carbocycles. The zero-order chi connectivity index (χ0) is 30.9. The summed E-state index contributed by atoms with van der Waals surface area (Å²) in [4.78, 5) is 3.20. The van der Waals surface area contributed by atoms with Crippen LogP contribution in [0.3, 0.4) is 0 Å². The molecule has 0 bridgehead atoms. The molecule has 0 radical (unpaired) electrons. The first-order chi connectivity index (χ1) is 21.1. The van der Waals surface area contributed by atoms with Crippen LogP contribution in [0.5, 0.6) is 5.75 Å². The van der Waals surface area contributed by atoms with E-state index in [0.717, 1.165) is 49.9 Å². The Morgan fingerprint density at radius 2 is 1.64 bits per heavy atom. The SMILES string of the molecule is C[C@@H]1Cc2cc(OCc3ccccc3)ccc2C(c2c(F)cc(N3CCCC4(CCC3)CCNC4)cc2F)N1CC(F)(F)F. The van der Waals surface area contributed by atoms with Gasteiger partial charge in [0.1, 0.15) is 24.0 Å². The van der Waals surface area contributed by atoms with Crippen LogP contribution in [0.2, 0.25) is 0 Å². The smallest absolute Gasteiger partial charge is 0.401 e. The average Bonchev–Trinajstić information content (AvgIpc) is 3.44. The maximum atomic E-state index is 16.1. The fraction of sp³-hybridized carbons (Fsp3) is 0.486. The van der Waals surface area contributed by atoms with Gasteiger partial charge in [0.05, 0.1) is 12.6 Å². The Labute approximate surface area is 256 Å². The van der Waals surface area contributed by atoms with E-state index in [9.17, 15) is 13.2 Å². The Morgan fingerprint density at radius 1 is 0.932 bits per heavy atom. The van der Waals surface area contributed by atoms with Crippen molar-refractivity contribution in [2.75, 3.05) is 37.6 Å². The van der Waals surface area contributed by atoms with Gasteiger partial charge in [-0.05, 0) is 98.4 Å². The third kappa shape index (κ3) is 6.74. The van der Waals surface area contributed by atoms with Crippen molar-refractivity contribution >= 4 is 5.69 Å². The number of alkyl halides is 3. The molecule has 3 aliphatic heterocycles. The monoisotopic (exact) mass is 613 g/mol. The first kappa shape index (κ1) is 30.8. The van der Waals surface area contributed by atoms with Gasteiger partial charge in [0.25, 0.3) is 0 Å². The van der Waals surface area contributed by atoms with Gasteiger partial charge in [0, 0.05) is 36.9 Å². The fourth-order valence-corrected chi connectivity index (χ4v) is 7.52. The van der Waals surface area contributed by atoms with E-state index in [2.05, 4.69) is 5.32 Å². The van der Waals surface area contributed by atoms with Gasteiger partial charge in [-0.25, -0.2) is 8.78 Å². The quantitative estimate of drug-likeness (QED) is 0.287. The molecule has 3 aliphatic rings. The molecule has 1 unspecified atom stereocenters. The highest BCUT2D eigenvalue weighted by atomic mass is 19.4. The van der Waals surface area contributed by atoms with Gasteiger partial charge in [0.2, 0.25) is 0 Å². The van der Waals surface area contributed by atoms with Crippen molar-refractivity contribution in [1.29, 1.82) is 0 Å². The Hall–Kier alpha value is -3.17. The Balaban J connectivity index is 1.29. The molecule has 2 fully saturated rings. The van der Waals surface area contributed by atoms with Gasteiger partial charge in [-0.15, -0.1) is 0 Å². The second kappa shape index (κ2) is 12.7. The molecular formula is C35H40F5N3O. The maximum absolute atomic E-state index is 16.1. The minimum absolute atomic E-state index is 0.302. The predicted molar refractivity (Wildman–Crippen MR) is 162 cm³/mol. The van der Waals surface area contributed by atoms with Gasteiger partial charge in [-0.3, -0.25) is 4.90 Å². The second-order valence-corrected chi connectivity index (χ2v) is 12.8. The Morgan fingerprint density at radius 3 is 2.27 bits per heavy atom. The molecule has 1 spiro atoms. The molecule has 0 saturated carbocycles. The number of rotatable bonds is 6. The highest BCUT2D eigenvalue weighted by molar-refractivity contribution is 5.52. The molecule has 3 aromatic rings. The molecule has 2 saturated heterocycles.